The minimum Gasteiger partial charge on any atom is -0.772 e. The van der Waals surface area contributed by atoms with E-state index in [1.165, 1.54) is 0 Å². The van der Waals surface area contributed by atoms with Gasteiger partial charge in [-0.15, -0.1) is 0 Å². The number of hydrogen-bond donors (Lipinski definition) is 0. The average Bonchev–Trinajstić information content (AvgIpc) is 2.18. The fourth-order valence-corrected chi connectivity index (χ4v) is 1.76. The highest BCUT2D eigenvalue weighted by atomic mass is 32.2. The predicted octanol–water partition coefficient (Wildman–Crippen LogP) is 2.05. The van der Waals surface area contributed by atoms with Crippen LogP contribution in [-0.4, -0.2) is 14.5 Å². The summed E-state index contributed by atoms with van der Waals surface area (Å²) in [4.78, 5) is 11.5. The third-order valence-corrected chi connectivity index (χ3v) is 2.61. The van der Waals surface area contributed by atoms with E-state index >= 15 is 0 Å². The normalized spacial score (nSPS) is 12.4. The van der Waals surface area contributed by atoms with Gasteiger partial charge in [-0.2, -0.15) is 0 Å². The largest absolute Gasteiger partial charge is 0.772 e. The summed E-state index contributed by atoms with van der Waals surface area (Å²) >= 11 is -2.07. The van der Waals surface area contributed by atoms with Gasteiger partial charge in [-0.25, -0.2) is 0 Å². The van der Waals surface area contributed by atoms with Crippen LogP contribution in [0.5, 0.6) is 0 Å². The minimum absolute atomic E-state index is 0.00223. The molecule has 0 saturated heterocycles. The van der Waals surface area contributed by atoms with Gasteiger partial charge in [0.2, 0.25) is 0 Å². The van der Waals surface area contributed by atoms with Crippen molar-refractivity contribution in [2.75, 3.05) is 0 Å². The maximum absolute atomic E-state index is 11.5. The standard InChI is InChI=1S/C11H14O3S/c1-2-3-11(12)10-6-4-9(5-7-10)8-15(13)14/h4-7H,2-3,8H2,1H3,(H,13,14)/p-1. The molecule has 0 aliphatic carbocycles. The zero-order chi connectivity index (χ0) is 11.3. The van der Waals surface area contributed by atoms with E-state index in [1.807, 2.05) is 6.92 Å². The highest BCUT2D eigenvalue weighted by Gasteiger charge is 2.03. The Morgan fingerprint density at radius 2 is 1.93 bits per heavy atom. The molecule has 0 aliphatic heterocycles. The number of benzene rings is 1. The van der Waals surface area contributed by atoms with Crippen LogP contribution < -0.4 is 0 Å². The SMILES string of the molecule is CCCC(=O)c1ccc(CS(=O)[O-])cc1. The van der Waals surface area contributed by atoms with Crippen LogP contribution in [0.1, 0.15) is 35.7 Å². The van der Waals surface area contributed by atoms with Gasteiger partial charge in [0.25, 0.3) is 0 Å². The first kappa shape index (κ1) is 12.1. The van der Waals surface area contributed by atoms with Crippen molar-refractivity contribution in [2.45, 2.75) is 25.5 Å². The summed E-state index contributed by atoms with van der Waals surface area (Å²) in [6.07, 6.45) is 1.36. The lowest BCUT2D eigenvalue weighted by molar-refractivity contribution is 0.0982. The molecule has 0 aromatic heterocycles. The van der Waals surface area contributed by atoms with E-state index in [4.69, 9.17) is 0 Å². The van der Waals surface area contributed by atoms with E-state index in [0.717, 1.165) is 6.42 Å². The van der Waals surface area contributed by atoms with Gasteiger partial charge in [-0.3, -0.25) is 9.00 Å². The van der Waals surface area contributed by atoms with Gasteiger partial charge in [0.1, 0.15) is 0 Å². The summed E-state index contributed by atoms with van der Waals surface area (Å²) in [5.74, 6) is 0.106. The van der Waals surface area contributed by atoms with Crippen LogP contribution in [0.4, 0.5) is 0 Å². The fourth-order valence-electron chi connectivity index (χ4n) is 1.29. The molecule has 1 aromatic carbocycles. The third-order valence-electron chi connectivity index (χ3n) is 2.04. The van der Waals surface area contributed by atoms with Crippen molar-refractivity contribution in [3.63, 3.8) is 0 Å². The molecule has 0 bridgehead atoms. The lowest BCUT2D eigenvalue weighted by Crippen LogP contribution is -1.99. The van der Waals surface area contributed by atoms with Crippen LogP contribution in [-0.2, 0) is 16.8 Å². The van der Waals surface area contributed by atoms with Crippen molar-refractivity contribution < 1.29 is 13.6 Å². The Morgan fingerprint density at radius 3 is 2.40 bits per heavy atom. The van der Waals surface area contributed by atoms with E-state index in [-0.39, 0.29) is 11.5 Å². The Labute approximate surface area is 91.8 Å². The molecule has 3 nitrogen and oxygen atoms in total. The number of hydrogen-bond acceptors (Lipinski definition) is 3. The second kappa shape index (κ2) is 5.78. The number of rotatable bonds is 5. The molecule has 82 valence electrons. The van der Waals surface area contributed by atoms with Gasteiger partial charge in [0, 0.05) is 17.7 Å². The molecule has 0 fully saturated rings. The number of carbonyl (C=O) groups excluding carboxylic acids is 1. The summed E-state index contributed by atoms with van der Waals surface area (Å²) in [7, 11) is 0. The first-order chi connectivity index (χ1) is 7.13. The second-order valence-electron chi connectivity index (χ2n) is 3.32. The molecule has 0 amide bonds. The molecular formula is C11H13O3S-. The lowest BCUT2D eigenvalue weighted by atomic mass is 10.1. The summed E-state index contributed by atoms with van der Waals surface area (Å²) < 4.78 is 20.8. The van der Waals surface area contributed by atoms with Crippen LogP contribution in [0.2, 0.25) is 0 Å². The molecule has 1 aromatic rings. The van der Waals surface area contributed by atoms with Crippen LogP contribution in [0.15, 0.2) is 24.3 Å². The Balaban J connectivity index is 2.71. The molecule has 0 spiro atoms. The molecule has 1 unspecified atom stereocenters. The number of carbonyl (C=O) groups is 1. The van der Waals surface area contributed by atoms with Crippen molar-refractivity contribution in [3.8, 4) is 0 Å². The quantitative estimate of drug-likeness (QED) is 0.569. The zero-order valence-electron chi connectivity index (χ0n) is 8.56. The van der Waals surface area contributed by atoms with E-state index in [9.17, 15) is 13.6 Å². The zero-order valence-corrected chi connectivity index (χ0v) is 9.38. The Hall–Kier alpha value is -1.00. The van der Waals surface area contributed by atoms with Gasteiger partial charge in [0.15, 0.2) is 5.78 Å². The molecule has 0 heterocycles. The Morgan fingerprint density at radius 1 is 1.33 bits per heavy atom. The average molecular weight is 225 g/mol. The van der Waals surface area contributed by atoms with Crippen molar-refractivity contribution in [2.24, 2.45) is 0 Å². The molecule has 0 saturated carbocycles. The number of ketones is 1. The molecule has 0 radical (unpaired) electrons. The molecular weight excluding hydrogens is 212 g/mol. The first-order valence-electron chi connectivity index (χ1n) is 4.81. The van der Waals surface area contributed by atoms with Gasteiger partial charge in [0.05, 0.1) is 0 Å². The smallest absolute Gasteiger partial charge is 0.162 e. The van der Waals surface area contributed by atoms with E-state index in [1.54, 1.807) is 24.3 Å². The van der Waals surface area contributed by atoms with Crippen molar-refractivity contribution in [1.29, 1.82) is 0 Å². The van der Waals surface area contributed by atoms with E-state index in [2.05, 4.69) is 0 Å². The maximum atomic E-state index is 11.5. The summed E-state index contributed by atoms with van der Waals surface area (Å²) in [5.41, 5.74) is 1.36. The monoisotopic (exact) mass is 225 g/mol. The van der Waals surface area contributed by atoms with Gasteiger partial charge < -0.3 is 4.55 Å². The van der Waals surface area contributed by atoms with Gasteiger partial charge in [-0.05, 0) is 12.0 Å². The van der Waals surface area contributed by atoms with Crippen LogP contribution in [0.25, 0.3) is 0 Å². The molecule has 0 N–H and O–H groups in total. The van der Waals surface area contributed by atoms with E-state index < -0.39 is 11.1 Å². The fraction of sp³-hybridized carbons (Fsp3) is 0.364. The molecule has 1 atom stereocenters. The van der Waals surface area contributed by atoms with Crippen molar-refractivity contribution >= 4 is 16.9 Å². The van der Waals surface area contributed by atoms with Crippen LogP contribution in [0.3, 0.4) is 0 Å². The highest BCUT2D eigenvalue weighted by molar-refractivity contribution is 7.78. The predicted molar refractivity (Wildman–Crippen MR) is 58.3 cm³/mol. The van der Waals surface area contributed by atoms with Crippen LogP contribution >= 0.6 is 0 Å². The van der Waals surface area contributed by atoms with Crippen molar-refractivity contribution in [1.82, 2.24) is 0 Å². The summed E-state index contributed by atoms with van der Waals surface area (Å²) in [5, 5.41) is 0. The summed E-state index contributed by atoms with van der Waals surface area (Å²) in [6, 6.07) is 6.72. The Bertz CT molecular complexity index is 357. The van der Waals surface area contributed by atoms with Crippen molar-refractivity contribution in [3.05, 3.63) is 35.4 Å². The molecule has 15 heavy (non-hydrogen) atoms. The third kappa shape index (κ3) is 3.93. The highest BCUT2D eigenvalue weighted by Crippen LogP contribution is 2.09. The topological polar surface area (TPSA) is 57.2 Å². The Kier molecular flexibility index (Phi) is 4.65. The van der Waals surface area contributed by atoms with Gasteiger partial charge >= 0.3 is 0 Å². The minimum atomic E-state index is -2.07. The lowest BCUT2D eigenvalue weighted by Gasteiger charge is -2.05. The first-order valence-corrected chi connectivity index (χ1v) is 6.06. The molecule has 1 rings (SSSR count). The van der Waals surface area contributed by atoms with E-state index in [0.29, 0.717) is 17.5 Å². The number of Topliss-reactive ketones (excluding diaryl/α,β-unsaturated/α-hetero) is 1. The maximum Gasteiger partial charge on any atom is 0.162 e. The molecule has 0 aliphatic rings. The second-order valence-corrected chi connectivity index (χ2v) is 4.21. The van der Waals surface area contributed by atoms with Gasteiger partial charge in [-0.1, -0.05) is 42.3 Å². The van der Waals surface area contributed by atoms with Crippen LogP contribution in [0, 0.1) is 0 Å². The molecule has 4 heteroatoms. The summed E-state index contributed by atoms with van der Waals surface area (Å²) in [6.45, 7) is 1.95.